The number of unbranched alkanes of at least 4 members (excludes halogenated alkanes) is 1. The number of hydrogen-bond donors (Lipinski definition) is 3. The molecule has 3 heterocycles. The third-order valence-corrected chi connectivity index (χ3v) is 5.98. The van der Waals surface area contributed by atoms with E-state index in [1.807, 2.05) is 0 Å². The van der Waals surface area contributed by atoms with Gasteiger partial charge in [-0.2, -0.15) is 0 Å². The van der Waals surface area contributed by atoms with Crippen LogP contribution in [0.3, 0.4) is 0 Å². The van der Waals surface area contributed by atoms with Crippen molar-refractivity contribution in [3.63, 3.8) is 0 Å². The minimum Gasteiger partial charge on any atom is -0.480 e. The minimum absolute atomic E-state index is 0.242. The Morgan fingerprint density at radius 2 is 2.03 bits per heavy atom. The summed E-state index contributed by atoms with van der Waals surface area (Å²) in [6.45, 7) is 2.31. The maximum Gasteiger partial charge on any atom is 0.326 e. The van der Waals surface area contributed by atoms with Gasteiger partial charge in [0.25, 0.3) is 5.91 Å². The van der Waals surface area contributed by atoms with Crippen LogP contribution in [0, 0.1) is 0 Å². The predicted molar refractivity (Wildman–Crippen MR) is 129 cm³/mol. The number of carboxylic acids is 1. The molecule has 184 valence electrons. The summed E-state index contributed by atoms with van der Waals surface area (Å²) in [7, 11) is 0. The monoisotopic (exact) mass is 471 g/mol. The van der Waals surface area contributed by atoms with Crippen molar-refractivity contribution in [2.24, 2.45) is 0 Å². The zero-order valence-corrected chi connectivity index (χ0v) is 19.5. The Labute approximate surface area is 200 Å². The predicted octanol–water partition coefficient (Wildman–Crippen LogP) is 3.09. The van der Waals surface area contributed by atoms with Gasteiger partial charge in [-0.25, -0.2) is 9.78 Å². The fraction of sp³-hybridized carbons (Fsp3) is 0.520. The van der Waals surface area contributed by atoms with Crippen molar-refractivity contribution < 1.29 is 19.1 Å². The van der Waals surface area contributed by atoms with Gasteiger partial charge in [0.15, 0.2) is 0 Å². The number of aliphatic carboxylic acids is 1. The SMILES string of the molecule is O=C(NC(CCN(CCCF)CCCCc1ccc2c(n1)NCCC2)C(=O)O)c1cccnc1. The van der Waals surface area contributed by atoms with Gasteiger partial charge in [0.05, 0.1) is 12.2 Å². The number of carbonyl (C=O) groups excluding carboxylic acids is 1. The third-order valence-electron chi connectivity index (χ3n) is 5.98. The van der Waals surface area contributed by atoms with Gasteiger partial charge in [0.2, 0.25) is 0 Å². The van der Waals surface area contributed by atoms with E-state index in [2.05, 4.69) is 32.7 Å². The molecule has 1 aliphatic rings. The molecule has 0 aromatic carbocycles. The number of carboxylic acid groups (broad SMARTS) is 1. The Morgan fingerprint density at radius 1 is 1.18 bits per heavy atom. The number of carbonyl (C=O) groups is 2. The van der Waals surface area contributed by atoms with Crippen molar-refractivity contribution in [1.82, 2.24) is 20.2 Å². The topological polar surface area (TPSA) is 107 Å². The number of fused-ring (bicyclic) bond motifs is 1. The van der Waals surface area contributed by atoms with E-state index in [0.29, 0.717) is 25.1 Å². The highest BCUT2D eigenvalue weighted by molar-refractivity contribution is 5.96. The van der Waals surface area contributed by atoms with Gasteiger partial charge >= 0.3 is 5.97 Å². The van der Waals surface area contributed by atoms with E-state index in [1.165, 1.54) is 11.8 Å². The fourth-order valence-electron chi connectivity index (χ4n) is 4.08. The Bertz CT molecular complexity index is 928. The molecule has 8 nitrogen and oxygen atoms in total. The molecule has 9 heteroatoms. The van der Waals surface area contributed by atoms with Crippen molar-refractivity contribution in [1.29, 1.82) is 0 Å². The molecule has 2 aromatic rings. The molecule has 1 atom stereocenters. The molecule has 3 N–H and O–H groups in total. The van der Waals surface area contributed by atoms with E-state index < -0.39 is 24.6 Å². The Hall–Kier alpha value is -3.07. The van der Waals surface area contributed by atoms with E-state index in [0.717, 1.165) is 56.7 Å². The van der Waals surface area contributed by atoms with Crippen molar-refractivity contribution >= 4 is 17.7 Å². The number of amides is 1. The molecule has 0 spiro atoms. The van der Waals surface area contributed by atoms with Gasteiger partial charge in [0.1, 0.15) is 11.9 Å². The van der Waals surface area contributed by atoms with Crippen LogP contribution in [0.15, 0.2) is 36.7 Å². The summed E-state index contributed by atoms with van der Waals surface area (Å²) in [6.07, 6.45) is 8.50. The second kappa shape index (κ2) is 13.6. The summed E-state index contributed by atoms with van der Waals surface area (Å²) in [5.74, 6) is -0.556. The van der Waals surface area contributed by atoms with Crippen molar-refractivity contribution in [2.75, 3.05) is 38.2 Å². The number of aromatic nitrogens is 2. The largest absolute Gasteiger partial charge is 0.480 e. The molecule has 3 rings (SSSR count). The lowest BCUT2D eigenvalue weighted by Crippen LogP contribution is -2.43. The molecule has 0 bridgehead atoms. The molecule has 0 saturated heterocycles. The molecular formula is C25H34FN5O3. The van der Waals surface area contributed by atoms with E-state index in [-0.39, 0.29) is 6.42 Å². The molecule has 0 aliphatic carbocycles. The maximum atomic E-state index is 12.8. The molecule has 1 unspecified atom stereocenters. The fourth-order valence-corrected chi connectivity index (χ4v) is 4.08. The quantitative estimate of drug-likeness (QED) is 0.364. The Balaban J connectivity index is 1.46. The summed E-state index contributed by atoms with van der Waals surface area (Å²) < 4.78 is 12.8. The van der Waals surface area contributed by atoms with Crippen LogP contribution in [0.25, 0.3) is 0 Å². The summed E-state index contributed by atoms with van der Waals surface area (Å²) in [4.78, 5) is 34.7. The van der Waals surface area contributed by atoms with Crippen LogP contribution in [0.2, 0.25) is 0 Å². The summed E-state index contributed by atoms with van der Waals surface area (Å²) >= 11 is 0. The first kappa shape index (κ1) is 25.6. The number of aryl methyl sites for hydroxylation is 2. The Morgan fingerprint density at radius 3 is 2.79 bits per heavy atom. The highest BCUT2D eigenvalue weighted by Crippen LogP contribution is 2.20. The lowest BCUT2D eigenvalue weighted by Gasteiger charge is -2.24. The van der Waals surface area contributed by atoms with Crippen LogP contribution in [-0.2, 0) is 17.6 Å². The summed E-state index contributed by atoms with van der Waals surface area (Å²) in [5.41, 5.74) is 2.65. The van der Waals surface area contributed by atoms with Crippen molar-refractivity contribution in [3.8, 4) is 0 Å². The van der Waals surface area contributed by atoms with Crippen LogP contribution in [0.1, 0.15) is 53.7 Å². The minimum atomic E-state index is -1.09. The lowest BCUT2D eigenvalue weighted by atomic mass is 10.1. The molecule has 2 aromatic heterocycles. The lowest BCUT2D eigenvalue weighted by molar-refractivity contribution is -0.139. The van der Waals surface area contributed by atoms with Gasteiger partial charge < -0.3 is 20.6 Å². The number of nitrogens with one attached hydrogen (secondary N) is 2. The molecule has 1 aliphatic heterocycles. The third kappa shape index (κ3) is 8.06. The molecule has 1 amide bonds. The van der Waals surface area contributed by atoms with Gasteiger partial charge in [-0.3, -0.25) is 14.2 Å². The summed E-state index contributed by atoms with van der Waals surface area (Å²) in [5, 5.41) is 15.5. The standard InChI is InChI=1S/C25H34FN5O3/c26-12-5-16-31(15-2-1-8-21-10-9-19-6-4-14-28-23(19)29-21)17-11-22(25(33)34)30-24(32)20-7-3-13-27-18-20/h3,7,9-10,13,18,22H,1-2,4-6,8,11-12,14-17H2,(H,28,29)(H,30,32)(H,33,34). The molecular weight excluding hydrogens is 437 g/mol. The van der Waals surface area contributed by atoms with Gasteiger partial charge in [-0.15, -0.1) is 0 Å². The first-order valence-electron chi connectivity index (χ1n) is 12.0. The van der Waals surface area contributed by atoms with Crippen LogP contribution in [0.4, 0.5) is 10.2 Å². The number of anilines is 1. The smallest absolute Gasteiger partial charge is 0.326 e. The van der Waals surface area contributed by atoms with Gasteiger partial charge in [-0.05, 0) is 75.3 Å². The van der Waals surface area contributed by atoms with Crippen LogP contribution in [-0.4, -0.2) is 70.7 Å². The van der Waals surface area contributed by atoms with Gasteiger partial charge in [0, 0.05) is 37.7 Å². The Kier molecular flexibility index (Phi) is 10.2. The average molecular weight is 472 g/mol. The zero-order valence-electron chi connectivity index (χ0n) is 19.5. The average Bonchev–Trinajstić information content (AvgIpc) is 2.86. The zero-order chi connectivity index (χ0) is 24.2. The number of alkyl halides is 1. The number of nitrogens with zero attached hydrogens (tertiary/aromatic N) is 3. The van der Waals surface area contributed by atoms with Crippen molar-refractivity contribution in [3.05, 3.63) is 53.5 Å². The highest BCUT2D eigenvalue weighted by atomic mass is 19.1. The second-order valence-corrected chi connectivity index (χ2v) is 8.58. The van der Waals surface area contributed by atoms with E-state index >= 15 is 0 Å². The summed E-state index contributed by atoms with van der Waals surface area (Å²) in [6, 6.07) is 6.44. The highest BCUT2D eigenvalue weighted by Gasteiger charge is 2.22. The maximum absolute atomic E-state index is 12.8. The van der Waals surface area contributed by atoms with Crippen LogP contribution in [0.5, 0.6) is 0 Å². The van der Waals surface area contributed by atoms with Crippen LogP contribution >= 0.6 is 0 Å². The van der Waals surface area contributed by atoms with E-state index in [1.54, 1.807) is 18.3 Å². The first-order valence-corrected chi connectivity index (χ1v) is 12.0. The van der Waals surface area contributed by atoms with E-state index in [4.69, 9.17) is 4.98 Å². The van der Waals surface area contributed by atoms with E-state index in [9.17, 15) is 19.1 Å². The van der Waals surface area contributed by atoms with Gasteiger partial charge in [-0.1, -0.05) is 6.07 Å². The van der Waals surface area contributed by atoms with Crippen molar-refractivity contribution in [2.45, 2.75) is 51.0 Å². The van der Waals surface area contributed by atoms with Crippen LogP contribution < -0.4 is 10.6 Å². The number of hydrogen-bond acceptors (Lipinski definition) is 6. The molecule has 0 saturated carbocycles. The molecule has 34 heavy (non-hydrogen) atoms. The number of rotatable bonds is 14. The number of halogens is 1. The number of pyridine rings is 2. The normalized spacial score (nSPS) is 13.7. The molecule has 0 fully saturated rings. The second-order valence-electron chi connectivity index (χ2n) is 8.58. The first-order chi connectivity index (χ1) is 16.6. The molecule has 0 radical (unpaired) electrons.